The smallest absolute Gasteiger partial charge is 0.125 e. The van der Waals surface area contributed by atoms with Crippen LogP contribution in [0.4, 0.5) is 10.1 Å². The van der Waals surface area contributed by atoms with E-state index in [2.05, 4.69) is 10.2 Å². The van der Waals surface area contributed by atoms with E-state index in [9.17, 15) is 4.39 Å². The molecule has 1 saturated carbocycles. The van der Waals surface area contributed by atoms with Crippen molar-refractivity contribution in [2.24, 2.45) is 5.92 Å². The van der Waals surface area contributed by atoms with Crippen molar-refractivity contribution in [1.29, 1.82) is 0 Å². The maximum absolute atomic E-state index is 13.1. The van der Waals surface area contributed by atoms with Crippen molar-refractivity contribution in [3.63, 3.8) is 0 Å². The molecule has 1 N–H and O–H groups in total. The Hall–Kier alpha value is -1.09. The molecular weight excluding hydrogens is 251 g/mol. The fraction of sp³-hybridized carbons (Fsp3) is 0.647. The third kappa shape index (κ3) is 3.32. The van der Waals surface area contributed by atoms with Crippen molar-refractivity contribution in [3.8, 4) is 0 Å². The van der Waals surface area contributed by atoms with Crippen LogP contribution in [0.25, 0.3) is 0 Å². The van der Waals surface area contributed by atoms with Crippen LogP contribution >= 0.6 is 0 Å². The van der Waals surface area contributed by atoms with Crippen LogP contribution in [0.5, 0.6) is 0 Å². The predicted octanol–water partition coefficient (Wildman–Crippen LogP) is 3.89. The normalized spacial score (nSPS) is 27.1. The summed E-state index contributed by atoms with van der Waals surface area (Å²) in [5, 5.41) is 3.35. The lowest BCUT2D eigenvalue weighted by molar-refractivity contribution is 0.0645. The highest BCUT2D eigenvalue weighted by molar-refractivity contribution is 5.42. The van der Waals surface area contributed by atoms with E-state index < -0.39 is 0 Å². The van der Waals surface area contributed by atoms with Crippen LogP contribution in [-0.4, -0.2) is 30.6 Å². The number of nitrogens with zero attached hydrogens (tertiary/aromatic N) is 1. The fourth-order valence-corrected chi connectivity index (χ4v) is 3.95. The molecule has 0 amide bonds. The molecule has 1 aromatic carbocycles. The van der Waals surface area contributed by atoms with Crippen molar-refractivity contribution in [2.45, 2.75) is 44.6 Å². The van der Waals surface area contributed by atoms with E-state index in [-0.39, 0.29) is 5.82 Å². The Morgan fingerprint density at radius 2 is 2.00 bits per heavy atom. The average molecular weight is 276 g/mol. The third-order valence-electron chi connectivity index (χ3n) is 4.91. The topological polar surface area (TPSA) is 15.3 Å². The molecule has 2 fully saturated rings. The number of hydrogen-bond donors (Lipinski definition) is 1. The monoisotopic (exact) mass is 276 g/mol. The largest absolute Gasteiger partial charge is 0.384 e. The van der Waals surface area contributed by atoms with E-state index in [0.29, 0.717) is 0 Å². The van der Waals surface area contributed by atoms with E-state index >= 15 is 0 Å². The van der Waals surface area contributed by atoms with Crippen LogP contribution in [0.1, 0.15) is 38.5 Å². The number of likely N-dealkylation sites (tertiary alicyclic amines) is 1. The van der Waals surface area contributed by atoms with E-state index in [0.717, 1.165) is 30.7 Å². The zero-order valence-electron chi connectivity index (χ0n) is 12.2. The highest BCUT2D eigenvalue weighted by Gasteiger charge is 2.32. The lowest BCUT2D eigenvalue weighted by Gasteiger charge is -2.44. The summed E-state index contributed by atoms with van der Waals surface area (Å²) in [5.41, 5.74) is 0.891. The third-order valence-corrected chi connectivity index (χ3v) is 4.91. The van der Waals surface area contributed by atoms with Gasteiger partial charge in [-0.1, -0.05) is 18.9 Å². The molecule has 0 radical (unpaired) electrons. The summed E-state index contributed by atoms with van der Waals surface area (Å²) in [4.78, 5) is 2.67. The lowest BCUT2D eigenvalue weighted by atomic mass is 9.78. The number of fused-ring (bicyclic) bond motifs is 1. The Labute approximate surface area is 121 Å². The first-order valence-electron chi connectivity index (χ1n) is 8.06. The maximum atomic E-state index is 13.1. The van der Waals surface area contributed by atoms with Crippen molar-refractivity contribution in [3.05, 3.63) is 30.1 Å². The molecule has 3 rings (SSSR count). The molecule has 1 aromatic rings. The van der Waals surface area contributed by atoms with Crippen molar-refractivity contribution in [1.82, 2.24) is 4.90 Å². The number of anilines is 1. The van der Waals surface area contributed by atoms with Crippen molar-refractivity contribution in [2.75, 3.05) is 25.0 Å². The Morgan fingerprint density at radius 3 is 2.90 bits per heavy atom. The SMILES string of the molecule is Fc1cccc(NCCN2CCC[C@H]3CCCC[C@H]32)c1. The standard InChI is InChI=1S/C17H25FN2/c18-15-7-3-8-16(13-15)19-10-12-20-11-4-6-14-5-1-2-9-17(14)20/h3,7-8,13-14,17,19H,1-2,4-6,9-12H2/t14-,17-/m1/s1. The molecule has 1 heterocycles. The number of hydrogen-bond acceptors (Lipinski definition) is 2. The first-order chi connectivity index (χ1) is 9.83. The van der Waals surface area contributed by atoms with Gasteiger partial charge in [-0.25, -0.2) is 4.39 Å². The van der Waals surface area contributed by atoms with Crippen molar-refractivity contribution < 1.29 is 4.39 Å². The van der Waals surface area contributed by atoms with E-state index in [1.807, 2.05) is 6.07 Å². The highest BCUT2D eigenvalue weighted by Crippen LogP contribution is 2.34. The summed E-state index contributed by atoms with van der Waals surface area (Å²) in [5.74, 6) is 0.770. The van der Waals surface area contributed by atoms with Crippen LogP contribution in [-0.2, 0) is 0 Å². The fourth-order valence-electron chi connectivity index (χ4n) is 3.95. The summed E-state index contributed by atoms with van der Waals surface area (Å²) in [6.45, 7) is 3.23. The summed E-state index contributed by atoms with van der Waals surface area (Å²) in [6.07, 6.45) is 8.41. The Balaban J connectivity index is 1.50. The minimum absolute atomic E-state index is 0.166. The van der Waals surface area contributed by atoms with Crippen LogP contribution in [0.2, 0.25) is 0 Å². The summed E-state index contributed by atoms with van der Waals surface area (Å²) in [7, 11) is 0. The zero-order chi connectivity index (χ0) is 13.8. The molecular formula is C17H25FN2. The molecule has 0 bridgehead atoms. The molecule has 20 heavy (non-hydrogen) atoms. The lowest BCUT2D eigenvalue weighted by Crippen LogP contribution is -2.48. The van der Waals surface area contributed by atoms with Crippen LogP contribution < -0.4 is 5.32 Å². The van der Waals surface area contributed by atoms with Crippen molar-refractivity contribution >= 4 is 5.69 Å². The molecule has 1 aliphatic carbocycles. The van der Waals surface area contributed by atoms with Crippen LogP contribution in [0.15, 0.2) is 24.3 Å². The summed E-state index contributed by atoms with van der Waals surface area (Å²) < 4.78 is 13.1. The second-order valence-corrected chi connectivity index (χ2v) is 6.23. The van der Waals surface area contributed by atoms with E-state index in [1.165, 1.54) is 51.1 Å². The molecule has 1 saturated heterocycles. The molecule has 3 heteroatoms. The maximum Gasteiger partial charge on any atom is 0.125 e. The van der Waals surface area contributed by atoms with Gasteiger partial charge < -0.3 is 5.32 Å². The van der Waals surface area contributed by atoms with Gasteiger partial charge in [0.25, 0.3) is 0 Å². The van der Waals surface area contributed by atoms with Gasteiger partial charge in [-0.3, -0.25) is 4.90 Å². The number of halogens is 1. The van der Waals surface area contributed by atoms with Gasteiger partial charge in [0.2, 0.25) is 0 Å². The molecule has 0 aromatic heterocycles. The van der Waals surface area contributed by atoms with Gasteiger partial charge in [-0.05, 0) is 56.3 Å². The first kappa shape index (κ1) is 13.9. The van der Waals surface area contributed by atoms with E-state index in [4.69, 9.17) is 0 Å². The van der Waals surface area contributed by atoms with Gasteiger partial charge in [0.05, 0.1) is 0 Å². The minimum Gasteiger partial charge on any atom is -0.384 e. The highest BCUT2D eigenvalue weighted by atomic mass is 19.1. The van der Waals surface area contributed by atoms with Gasteiger partial charge >= 0.3 is 0 Å². The van der Waals surface area contributed by atoms with Crippen LogP contribution in [0.3, 0.4) is 0 Å². The molecule has 1 aliphatic heterocycles. The molecule has 0 spiro atoms. The second-order valence-electron chi connectivity index (χ2n) is 6.23. The molecule has 0 unspecified atom stereocenters. The summed E-state index contributed by atoms with van der Waals surface area (Å²) >= 11 is 0. The average Bonchev–Trinajstić information content (AvgIpc) is 2.48. The Morgan fingerprint density at radius 1 is 1.15 bits per heavy atom. The molecule has 2 nitrogen and oxygen atoms in total. The van der Waals surface area contributed by atoms with Gasteiger partial charge in [0.1, 0.15) is 5.82 Å². The van der Waals surface area contributed by atoms with Gasteiger partial charge in [0.15, 0.2) is 0 Å². The molecule has 110 valence electrons. The van der Waals surface area contributed by atoms with Crippen LogP contribution in [0, 0.1) is 11.7 Å². The molecule has 2 atom stereocenters. The van der Waals surface area contributed by atoms with Gasteiger partial charge in [0, 0.05) is 24.8 Å². The zero-order valence-corrected chi connectivity index (χ0v) is 12.2. The number of piperidine rings is 1. The Bertz CT molecular complexity index is 433. The predicted molar refractivity (Wildman–Crippen MR) is 81.4 cm³/mol. The Kier molecular flexibility index (Phi) is 4.56. The van der Waals surface area contributed by atoms with Gasteiger partial charge in [-0.15, -0.1) is 0 Å². The number of rotatable bonds is 4. The van der Waals surface area contributed by atoms with E-state index in [1.54, 1.807) is 12.1 Å². The molecule has 2 aliphatic rings. The number of benzene rings is 1. The second kappa shape index (κ2) is 6.57. The summed E-state index contributed by atoms with van der Waals surface area (Å²) in [6, 6.07) is 7.56. The number of nitrogens with one attached hydrogen (secondary N) is 1. The quantitative estimate of drug-likeness (QED) is 0.897. The minimum atomic E-state index is -0.166. The first-order valence-corrected chi connectivity index (χ1v) is 8.06. The van der Waals surface area contributed by atoms with Gasteiger partial charge in [-0.2, -0.15) is 0 Å².